The Labute approximate surface area is 141 Å². The predicted octanol–water partition coefficient (Wildman–Crippen LogP) is 1.78. The summed E-state index contributed by atoms with van der Waals surface area (Å²) in [5.41, 5.74) is 5.98. The molecule has 5 nitrogen and oxygen atoms in total. The van der Waals surface area contributed by atoms with Crippen molar-refractivity contribution in [2.45, 2.75) is 38.8 Å². The van der Waals surface area contributed by atoms with E-state index in [0.717, 1.165) is 12.8 Å². The maximum atomic E-state index is 12.3. The van der Waals surface area contributed by atoms with Gasteiger partial charge in [0.2, 0.25) is 5.91 Å². The third-order valence-electron chi connectivity index (χ3n) is 3.72. The first-order valence-corrected chi connectivity index (χ1v) is 8.24. The van der Waals surface area contributed by atoms with Crippen LogP contribution in [0.15, 0.2) is 17.5 Å². The second kappa shape index (κ2) is 8.50. The number of nitrogens with one attached hydrogen (secondary N) is 2. The lowest BCUT2D eigenvalue weighted by atomic mass is 10.0. The Morgan fingerprint density at radius 1 is 1.41 bits per heavy atom. The Morgan fingerprint density at radius 3 is 2.59 bits per heavy atom. The van der Waals surface area contributed by atoms with Crippen molar-refractivity contribution >= 4 is 35.6 Å². The lowest BCUT2D eigenvalue weighted by molar-refractivity contribution is -0.124. The van der Waals surface area contributed by atoms with E-state index in [1.165, 1.54) is 11.3 Å². The number of thiophene rings is 1. The smallest absolute Gasteiger partial charge is 0.262 e. The maximum Gasteiger partial charge on any atom is 0.262 e. The average Bonchev–Trinajstić information content (AvgIpc) is 3.16. The highest BCUT2D eigenvalue weighted by molar-refractivity contribution is 7.12. The van der Waals surface area contributed by atoms with E-state index in [-0.39, 0.29) is 36.2 Å². The molecule has 4 N–H and O–H groups in total. The van der Waals surface area contributed by atoms with Crippen molar-refractivity contribution in [1.82, 2.24) is 10.6 Å². The van der Waals surface area contributed by atoms with Gasteiger partial charge in [-0.3, -0.25) is 9.59 Å². The number of rotatable bonds is 7. The standard InChI is InChI=1S/C15H23N3O2S.ClH/c1-9(2)13(18-14(19)12-4-3-7-21-12)15(20)17-8-11(16)10-5-6-10;/h3-4,7,9-11,13H,5-6,8,16H2,1-2H3,(H,17,20)(H,18,19);1H. The molecule has 22 heavy (non-hydrogen) atoms. The molecule has 2 amide bonds. The summed E-state index contributed by atoms with van der Waals surface area (Å²) in [6, 6.07) is 3.05. The highest BCUT2D eigenvalue weighted by Gasteiger charge is 2.30. The summed E-state index contributed by atoms with van der Waals surface area (Å²) in [4.78, 5) is 24.9. The number of hydrogen-bond donors (Lipinski definition) is 3. The molecule has 1 fully saturated rings. The number of amides is 2. The van der Waals surface area contributed by atoms with Crippen LogP contribution in [0, 0.1) is 11.8 Å². The second-order valence-electron chi connectivity index (χ2n) is 5.92. The van der Waals surface area contributed by atoms with Gasteiger partial charge in [0.15, 0.2) is 0 Å². The van der Waals surface area contributed by atoms with E-state index in [0.29, 0.717) is 17.3 Å². The molecular formula is C15H24ClN3O2S. The van der Waals surface area contributed by atoms with Crippen LogP contribution < -0.4 is 16.4 Å². The van der Waals surface area contributed by atoms with Gasteiger partial charge in [-0.1, -0.05) is 19.9 Å². The van der Waals surface area contributed by atoms with Crippen molar-refractivity contribution in [1.29, 1.82) is 0 Å². The molecule has 1 heterocycles. The molecule has 124 valence electrons. The molecule has 0 radical (unpaired) electrons. The lowest BCUT2D eigenvalue weighted by Gasteiger charge is -2.22. The van der Waals surface area contributed by atoms with E-state index in [1.54, 1.807) is 6.07 Å². The van der Waals surface area contributed by atoms with Gasteiger partial charge < -0.3 is 16.4 Å². The molecule has 0 aromatic carbocycles. The van der Waals surface area contributed by atoms with Crippen LogP contribution in [0.2, 0.25) is 0 Å². The monoisotopic (exact) mass is 345 g/mol. The first-order chi connectivity index (χ1) is 9.99. The Bertz CT molecular complexity index is 489. The molecule has 1 aliphatic carbocycles. The summed E-state index contributed by atoms with van der Waals surface area (Å²) < 4.78 is 0. The molecular weight excluding hydrogens is 322 g/mol. The Morgan fingerprint density at radius 2 is 2.09 bits per heavy atom. The van der Waals surface area contributed by atoms with Crippen molar-refractivity contribution in [2.24, 2.45) is 17.6 Å². The zero-order valence-corrected chi connectivity index (χ0v) is 14.5. The molecule has 0 aliphatic heterocycles. The van der Waals surface area contributed by atoms with Gasteiger partial charge in [0, 0.05) is 12.6 Å². The molecule has 1 aromatic heterocycles. The van der Waals surface area contributed by atoms with Crippen LogP contribution >= 0.6 is 23.7 Å². The molecule has 1 aromatic rings. The van der Waals surface area contributed by atoms with Gasteiger partial charge in [0.25, 0.3) is 5.91 Å². The van der Waals surface area contributed by atoms with Crippen LogP contribution in [0.3, 0.4) is 0 Å². The molecule has 2 rings (SSSR count). The summed E-state index contributed by atoms with van der Waals surface area (Å²) in [6.45, 7) is 4.31. The molecule has 2 unspecified atom stereocenters. The Hall–Kier alpha value is -1.11. The van der Waals surface area contributed by atoms with Crippen LogP contribution in [0.25, 0.3) is 0 Å². The number of carbonyl (C=O) groups excluding carboxylic acids is 2. The van der Waals surface area contributed by atoms with Gasteiger partial charge in [0.1, 0.15) is 6.04 Å². The lowest BCUT2D eigenvalue weighted by Crippen LogP contribution is -2.51. The van der Waals surface area contributed by atoms with E-state index in [4.69, 9.17) is 5.73 Å². The molecule has 2 atom stereocenters. The average molecular weight is 346 g/mol. The van der Waals surface area contributed by atoms with Crippen molar-refractivity contribution < 1.29 is 9.59 Å². The molecule has 0 spiro atoms. The largest absolute Gasteiger partial charge is 0.353 e. The molecule has 1 saturated carbocycles. The highest BCUT2D eigenvalue weighted by Crippen LogP contribution is 2.31. The maximum absolute atomic E-state index is 12.3. The highest BCUT2D eigenvalue weighted by atomic mass is 35.5. The van der Waals surface area contributed by atoms with Crippen molar-refractivity contribution in [3.05, 3.63) is 22.4 Å². The fourth-order valence-electron chi connectivity index (χ4n) is 2.17. The van der Waals surface area contributed by atoms with E-state index >= 15 is 0 Å². The minimum Gasteiger partial charge on any atom is -0.353 e. The number of hydrogen-bond acceptors (Lipinski definition) is 4. The van der Waals surface area contributed by atoms with Gasteiger partial charge in [-0.05, 0) is 36.1 Å². The number of nitrogens with two attached hydrogens (primary N) is 1. The third-order valence-corrected chi connectivity index (χ3v) is 4.59. The van der Waals surface area contributed by atoms with Crippen LogP contribution in [0.4, 0.5) is 0 Å². The number of halogens is 1. The van der Waals surface area contributed by atoms with Gasteiger partial charge in [-0.2, -0.15) is 0 Å². The fourth-order valence-corrected chi connectivity index (χ4v) is 2.80. The van der Waals surface area contributed by atoms with Gasteiger partial charge in [-0.25, -0.2) is 0 Å². The first kappa shape index (κ1) is 18.9. The van der Waals surface area contributed by atoms with Crippen molar-refractivity contribution in [3.8, 4) is 0 Å². The third kappa shape index (κ3) is 5.26. The molecule has 0 saturated heterocycles. The zero-order valence-electron chi connectivity index (χ0n) is 12.9. The van der Waals surface area contributed by atoms with E-state index in [2.05, 4.69) is 10.6 Å². The van der Waals surface area contributed by atoms with E-state index < -0.39 is 6.04 Å². The van der Waals surface area contributed by atoms with Gasteiger partial charge >= 0.3 is 0 Å². The second-order valence-corrected chi connectivity index (χ2v) is 6.87. The van der Waals surface area contributed by atoms with Crippen molar-refractivity contribution in [3.63, 3.8) is 0 Å². The van der Waals surface area contributed by atoms with Crippen LogP contribution in [-0.2, 0) is 4.79 Å². The normalized spacial score (nSPS) is 16.5. The number of carbonyl (C=O) groups is 2. The van der Waals surface area contributed by atoms with Gasteiger partial charge in [-0.15, -0.1) is 23.7 Å². The first-order valence-electron chi connectivity index (χ1n) is 7.36. The quantitative estimate of drug-likeness (QED) is 0.704. The van der Waals surface area contributed by atoms with Crippen LogP contribution in [-0.4, -0.2) is 30.4 Å². The predicted molar refractivity (Wildman–Crippen MR) is 91.4 cm³/mol. The van der Waals surface area contributed by atoms with E-state index in [9.17, 15) is 9.59 Å². The fraction of sp³-hybridized carbons (Fsp3) is 0.600. The van der Waals surface area contributed by atoms with Crippen LogP contribution in [0.5, 0.6) is 0 Å². The SMILES string of the molecule is CC(C)C(NC(=O)c1cccs1)C(=O)NCC(N)C1CC1.Cl. The molecule has 0 bridgehead atoms. The van der Waals surface area contributed by atoms with Gasteiger partial charge in [0.05, 0.1) is 4.88 Å². The topological polar surface area (TPSA) is 84.2 Å². The van der Waals surface area contributed by atoms with Crippen LogP contribution in [0.1, 0.15) is 36.4 Å². The van der Waals surface area contributed by atoms with E-state index in [1.807, 2.05) is 25.3 Å². The summed E-state index contributed by atoms with van der Waals surface area (Å²) in [7, 11) is 0. The summed E-state index contributed by atoms with van der Waals surface area (Å²) in [5.74, 6) is 0.200. The Balaban J connectivity index is 0.00000242. The molecule has 1 aliphatic rings. The zero-order chi connectivity index (χ0) is 15.4. The van der Waals surface area contributed by atoms with Crippen molar-refractivity contribution in [2.75, 3.05) is 6.54 Å². The summed E-state index contributed by atoms with van der Waals surface area (Å²) >= 11 is 1.36. The molecule has 7 heteroatoms. The Kier molecular flexibility index (Phi) is 7.32. The summed E-state index contributed by atoms with van der Waals surface area (Å²) in [5, 5.41) is 7.51. The summed E-state index contributed by atoms with van der Waals surface area (Å²) in [6.07, 6.45) is 2.31. The minimum atomic E-state index is -0.536. The minimum absolute atomic E-state index is 0.